The zero-order valence-electron chi connectivity index (χ0n) is 7.89. The van der Waals surface area contributed by atoms with Gasteiger partial charge in [-0.2, -0.15) is 0 Å². The van der Waals surface area contributed by atoms with E-state index in [9.17, 15) is 9.59 Å². The Labute approximate surface area is 89.8 Å². The molecule has 0 aromatic carbocycles. The summed E-state index contributed by atoms with van der Waals surface area (Å²) < 4.78 is 5.62. The number of amides is 1. The van der Waals surface area contributed by atoms with Gasteiger partial charge in [-0.05, 0) is 29.8 Å². The summed E-state index contributed by atoms with van der Waals surface area (Å²) in [6, 6.07) is 1.57. The number of furan rings is 1. The Kier molecular flexibility index (Phi) is 3.46. The molecule has 0 aliphatic carbocycles. The third kappa shape index (κ3) is 2.70. The molecule has 76 valence electrons. The van der Waals surface area contributed by atoms with Crippen LogP contribution in [0.3, 0.4) is 0 Å². The second-order valence-corrected chi connectivity index (χ2v) is 3.69. The summed E-state index contributed by atoms with van der Waals surface area (Å²) in [4.78, 5) is 22.1. The number of halogens is 1. The van der Waals surface area contributed by atoms with Crippen molar-refractivity contribution in [3.8, 4) is 0 Å². The van der Waals surface area contributed by atoms with E-state index in [0.717, 1.165) is 0 Å². The Hall–Kier alpha value is -1.10. The number of aryl methyl sites for hydroxylation is 1. The molecule has 1 rings (SSSR count). The highest BCUT2D eigenvalue weighted by Crippen LogP contribution is 2.19. The van der Waals surface area contributed by atoms with Gasteiger partial charge in [-0.15, -0.1) is 0 Å². The summed E-state index contributed by atoms with van der Waals surface area (Å²) in [5.74, 6) is 0.142. The zero-order valence-corrected chi connectivity index (χ0v) is 9.47. The van der Waals surface area contributed by atoms with Crippen molar-refractivity contribution < 1.29 is 14.0 Å². The van der Waals surface area contributed by atoms with Gasteiger partial charge in [-0.1, -0.05) is 0 Å². The second-order valence-electron chi connectivity index (χ2n) is 2.91. The van der Waals surface area contributed by atoms with Crippen molar-refractivity contribution in [2.75, 3.05) is 6.54 Å². The molecule has 5 heteroatoms. The van der Waals surface area contributed by atoms with Crippen LogP contribution in [0, 0.1) is 6.92 Å². The molecule has 1 heterocycles. The molecule has 0 aliphatic heterocycles. The van der Waals surface area contributed by atoms with E-state index < -0.39 is 0 Å². The lowest BCUT2D eigenvalue weighted by atomic mass is 10.2. The van der Waals surface area contributed by atoms with E-state index in [2.05, 4.69) is 21.2 Å². The maximum Gasteiger partial charge on any atom is 0.255 e. The topological polar surface area (TPSA) is 59.3 Å². The summed E-state index contributed by atoms with van der Waals surface area (Å²) in [7, 11) is 0. The number of Topliss-reactive ketones (excluding diaryl/α,β-unsaturated/α-hetero) is 1. The average Bonchev–Trinajstić information content (AvgIpc) is 2.41. The van der Waals surface area contributed by atoms with Crippen LogP contribution in [0.4, 0.5) is 0 Å². The molecule has 0 bridgehead atoms. The molecule has 0 saturated carbocycles. The third-order valence-electron chi connectivity index (χ3n) is 1.63. The molecule has 0 spiro atoms. The van der Waals surface area contributed by atoms with E-state index in [1.54, 1.807) is 13.0 Å². The molecule has 0 aliphatic rings. The van der Waals surface area contributed by atoms with Gasteiger partial charge < -0.3 is 9.73 Å². The van der Waals surface area contributed by atoms with Crippen molar-refractivity contribution >= 4 is 27.6 Å². The number of hydrogen-bond donors (Lipinski definition) is 1. The minimum atomic E-state index is -0.299. The molecule has 0 radical (unpaired) electrons. The van der Waals surface area contributed by atoms with Gasteiger partial charge in [0.25, 0.3) is 5.91 Å². The second kappa shape index (κ2) is 4.41. The predicted molar refractivity (Wildman–Crippen MR) is 54.2 cm³/mol. The number of nitrogens with one attached hydrogen (secondary N) is 1. The number of carbonyl (C=O) groups excluding carboxylic acids is 2. The van der Waals surface area contributed by atoms with Crippen LogP contribution in [0.1, 0.15) is 23.0 Å². The van der Waals surface area contributed by atoms with Crippen molar-refractivity contribution in [2.45, 2.75) is 13.8 Å². The van der Waals surface area contributed by atoms with E-state index in [1.165, 1.54) is 6.92 Å². The van der Waals surface area contributed by atoms with Crippen LogP contribution in [0.2, 0.25) is 0 Å². The lowest BCUT2D eigenvalue weighted by Gasteiger charge is -2.00. The summed E-state index contributed by atoms with van der Waals surface area (Å²) >= 11 is 3.12. The maximum absolute atomic E-state index is 11.4. The fourth-order valence-electron chi connectivity index (χ4n) is 0.971. The van der Waals surface area contributed by atoms with Crippen LogP contribution in [0.25, 0.3) is 0 Å². The molecular formula is C9H10BrNO3. The van der Waals surface area contributed by atoms with Crippen LogP contribution < -0.4 is 5.32 Å². The molecule has 0 fully saturated rings. The van der Waals surface area contributed by atoms with Gasteiger partial charge in [0, 0.05) is 6.07 Å². The predicted octanol–water partition coefficient (Wildman–Crippen LogP) is 1.67. The Morgan fingerprint density at radius 2 is 2.21 bits per heavy atom. The SMILES string of the molecule is CC(=O)CNC(=O)c1cc(Br)oc1C. The van der Waals surface area contributed by atoms with E-state index >= 15 is 0 Å². The highest BCUT2D eigenvalue weighted by molar-refractivity contribution is 9.10. The Morgan fingerprint density at radius 3 is 2.64 bits per heavy atom. The highest BCUT2D eigenvalue weighted by atomic mass is 79.9. The largest absolute Gasteiger partial charge is 0.454 e. The highest BCUT2D eigenvalue weighted by Gasteiger charge is 2.13. The Morgan fingerprint density at radius 1 is 1.57 bits per heavy atom. The normalized spacial score (nSPS) is 9.93. The standard InChI is InChI=1S/C9H10BrNO3/c1-5(12)4-11-9(13)7-3-8(10)14-6(7)2/h3H,4H2,1-2H3,(H,11,13). The fourth-order valence-corrected chi connectivity index (χ4v) is 1.44. The first-order chi connectivity index (χ1) is 6.50. The first-order valence-corrected chi connectivity index (χ1v) is 4.83. The van der Waals surface area contributed by atoms with Crippen molar-refractivity contribution in [1.82, 2.24) is 5.32 Å². The monoisotopic (exact) mass is 259 g/mol. The van der Waals surface area contributed by atoms with Gasteiger partial charge in [0.05, 0.1) is 12.1 Å². The van der Waals surface area contributed by atoms with Crippen LogP contribution in [0.5, 0.6) is 0 Å². The lowest BCUT2D eigenvalue weighted by Crippen LogP contribution is -2.28. The van der Waals surface area contributed by atoms with E-state index in [4.69, 9.17) is 4.42 Å². The van der Waals surface area contributed by atoms with Gasteiger partial charge in [0.1, 0.15) is 11.5 Å². The first-order valence-electron chi connectivity index (χ1n) is 4.04. The molecular weight excluding hydrogens is 250 g/mol. The van der Waals surface area contributed by atoms with Crippen LogP contribution in [-0.2, 0) is 4.79 Å². The van der Waals surface area contributed by atoms with E-state index in [1.807, 2.05) is 0 Å². The number of carbonyl (C=O) groups is 2. The van der Waals surface area contributed by atoms with Crippen molar-refractivity contribution in [2.24, 2.45) is 0 Å². The van der Waals surface area contributed by atoms with Gasteiger partial charge in [0.15, 0.2) is 4.67 Å². The van der Waals surface area contributed by atoms with Gasteiger partial charge >= 0.3 is 0 Å². The summed E-state index contributed by atoms with van der Waals surface area (Å²) in [5.41, 5.74) is 0.443. The summed E-state index contributed by atoms with van der Waals surface area (Å²) in [6.45, 7) is 3.15. The summed E-state index contributed by atoms with van der Waals surface area (Å²) in [6.07, 6.45) is 0. The third-order valence-corrected chi connectivity index (χ3v) is 2.02. The molecule has 14 heavy (non-hydrogen) atoms. The smallest absolute Gasteiger partial charge is 0.255 e. The zero-order chi connectivity index (χ0) is 10.7. The molecule has 0 unspecified atom stereocenters. The van der Waals surface area contributed by atoms with Crippen LogP contribution in [-0.4, -0.2) is 18.2 Å². The van der Waals surface area contributed by atoms with Crippen molar-refractivity contribution in [3.63, 3.8) is 0 Å². The molecule has 0 saturated heterocycles. The molecule has 1 amide bonds. The minimum Gasteiger partial charge on any atom is -0.454 e. The number of ketones is 1. The van der Waals surface area contributed by atoms with E-state index in [-0.39, 0.29) is 18.2 Å². The molecule has 0 atom stereocenters. The first kappa shape index (κ1) is 11.0. The van der Waals surface area contributed by atoms with Crippen molar-refractivity contribution in [1.29, 1.82) is 0 Å². The Balaban J connectivity index is 2.69. The van der Waals surface area contributed by atoms with Crippen molar-refractivity contribution in [3.05, 3.63) is 22.1 Å². The number of hydrogen-bond acceptors (Lipinski definition) is 3. The van der Waals surface area contributed by atoms with Crippen LogP contribution in [0.15, 0.2) is 15.2 Å². The summed E-state index contributed by atoms with van der Waals surface area (Å²) in [5, 5.41) is 2.48. The Bertz CT molecular complexity index is 370. The molecule has 4 nitrogen and oxygen atoms in total. The quantitative estimate of drug-likeness (QED) is 0.899. The average molecular weight is 260 g/mol. The van der Waals surface area contributed by atoms with Gasteiger partial charge in [0.2, 0.25) is 0 Å². The lowest BCUT2D eigenvalue weighted by molar-refractivity contribution is -0.116. The fraction of sp³-hybridized carbons (Fsp3) is 0.333. The minimum absolute atomic E-state index is 0.0427. The van der Waals surface area contributed by atoms with E-state index in [0.29, 0.717) is 16.0 Å². The van der Waals surface area contributed by atoms with Gasteiger partial charge in [-0.25, -0.2) is 0 Å². The van der Waals surface area contributed by atoms with Crippen LogP contribution >= 0.6 is 15.9 Å². The molecule has 1 N–H and O–H groups in total. The number of rotatable bonds is 3. The molecule has 1 aromatic heterocycles. The van der Waals surface area contributed by atoms with Gasteiger partial charge in [-0.3, -0.25) is 9.59 Å². The maximum atomic E-state index is 11.4. The molecule has 1 aromatic rings.